The number of carboxylic acids is 2. The second-order valence-corrected chi connectivity index (χ2v) is 9.85. The van der Waals surface area contributed by atoms with E-state index in [1.54, 1.807) is 24.3 Å². The fraction of sp³-hybridized carbons (Fsp3) is 0.258. The van der Waals surface area contributed by atoms with E-state index in [-0.39, 0.29) is 23.9 Å². The molecule has 0 heterocycles. The van der Waals surface area contributed by atoms with Crippen LogP contribution in [0.5, 0.6) is 0 Å². The van der Waals surface area contributed by atoms with Crippen LogP contribution in [0.4, 0.5) is 35.0 Å². The van der Waals surface area contributed by atoms with Crippen LogP contribution in [0.2, 0.25) is 0 Å². The van der Waals surface area contributed by atoms with Gasteiger partial charge in [0.25, 0.3) is 0 Å². The zero-order chi connectivity index (χ0) is 34.3. The third-order valence-corrected chi connectivity index (χ3v) is 6.21. The van der Waals surface area contributed by atoms with Crippen LogP contribution in [0, 0.1) is 6.92 Å². The molecule has 0 saturated carbocycles. The second-order valence-electron chi connectivity index (χ2n) is 9.85. The summed E-state index contributed by atoms with van der Waals surface area (Å²) in [6.45, 7) is 2.38. The van der Waals surface area contributed by atoms with Gasteiger partial charge in [-0.15, -0.1) is 0 Å². The first-order valence-electron chi connectivity index (χ1n) is 13.9. The summed E-state index contributed by atoms with van der Waals surface area (Å²) < 4.78 is 31.7. The maximum Gasteiger partial charge on any atom is 0.490 e. The minimum atomic E-state index is -5.08. The minimum absolute atomic E-state index is 0.0453. The highest BCUT2D eigenvalue weighted by molar-refractivity contribution is 6.00. The average molecular weight is 646 g/mol. The van der Waals surface area contributed by atoms with Gasteiger partial charge in [0.15, 0.2) is 0 Å². The molecule has 0 aliphatic heterocycles. The first kappa shape index (κ1) is 36.8. The molecule has 1 unspecified atom stereocenters. The number of aryl methyl sites for hydroxylation is 1. The number of urea groups is 1. The highest BCUT2D eigenvalue weighted by atomic mass is 19.4. The van der Waals surface area contributed by atoms with Gasteiger partial charge in [-0.05, 0) is 86.3 Å². The van der Waals surface area contributed by atoms with Crippen molar-refractivity contribution >= 4 is 46.8 Å². The van der Waals surface area contributed by atoms with Gasteiger partial charge in [0.05, 0.1) is 12.0 Å². The van der Waals surface area contributed by atoms with Crippen molar-refractivity contribution in [1.82, 2.24) is 5.32 Å². The number of hydrogen-bond acceptors (Lipinski definition) is 6. The Morgan fingerprint density at radius 2 is 1.37 bits per heavy atom. The van der Waals surface area contributed by atoms with Gasteiger partial charge >= 0.3 is 24.1 Å². The fourth-order valence-corrected chi connectivity index (χ4v) is 3.82. The summed E-state index contributed by atoms with van der Waals surface area (Å²) in [5.74, 6) is -4.55. The number of carboxylic acid groups (broad SMARTS) is 2. The maximum absolute atomic E-state index is 12.9. The maximum atomic E-state index is 12.9. The quantitative estimate of drug-likeness (QED) is 0.137. The smallest absolute Gasteiger partial charge is 0.478 e. The van der Waals surface area contributed by atoms with Gasteiger partial charge in [-0.3, -0.25) is 9.59 Å². The summed E-state index contributed by atoms with van der Waals surface area (Å²) in [7, 11) is 0. The Labute approximate surface area is 262 Å². The topological polar surface area (TPSA) is 200 Å². The van der Waals surface area contributed by atoms with Crippen LogP contribution in [0.1, 0.15) is 40.7 Å². The number of rotatable bonds is 12. The molecule has 0 radical (unpaired) electrons. The summed E-state index contributed by atoms with van der Waals surface area (Å²) in [6.07, 6.45) is -3.28. The first-order chi connectivity index (χ1) is 21.7. The lowest BCUT2D eigenvalue weighted by Gasteiger charge is -2.19. The molecule has 0 aliphatic rings. The number of hydrogen-bond donors (Lipinski definition) is 7. The highest BCUT2D eigenvalue weighted by Gasteiger charge is 2.38. The Kier molecular flexibility index (Phi) is 14.2. The molecule has 0 aliphatic carbocycles. The van der Waals surface area contributed by atoms with E-state index in [9.17, 15) is 32.3 Å². The number of amides is 4. The van der Waals surface area contributed by atoms with Crippen LogP contribution >= 0.6 is 0 Å². The van der Waals surface area contributed by atoms with Crippen molar-refractivity contribution in [3.8, 4) is 0 Å². The van der Waals surface area contributed by atoms with Gasteiger partial charge in [-0.2, -0.15) is 13.2 Å². The number of carbonyl (C=O) groups excluding carboxylic acids is 3. The molecule has 1 atom stereocenters. The van der Waals surface area contributed by atoms with E-state index in [4.69, 9.17) is 20.7 Å². The molecule has 46 heavy (non-hydrogen) atoms. The van der Waals surface area contributed by atoms with Crippen molar-refractivity contribution in [3.05, 3.63) is 89.5 Å². The van der Waals surface area contributed by atoms with Crippen LogP contribution in [0.25, 0.3) is 0 Å². The number of para-hydroxylation sites is 1. The zero-order valence-corrected chi connectivity index (χ0v) is 24.7. The van der Waals surface area contributed by atoms with Crippen LogP contribution in [0.3, 0.4) is 0 Å². The van der Waals surface area contributed by atoms with Crippen molar-refractivity contribution in [1.29, 1.82) is 0 Å². The van der Waals surface area contributed by atoms with Crippen molar-refractivity contribution in [2.24, 2.45) is 5.73 Å². The molecule has 3 aromatic carbocycles. The summed E-state index contributed by atoms with van der Waals surface area (Å²) >= 11 is 0. The number of aromatic carboxylic acids is 1. The molecular formula is C31H34F3N5O7. The molecule has 15 heteroatoms. The lowest BCUT2D eigenvalue weighted by atomic mass is 10.1. The molecule has 3 aromatic rings. The van der Waals surface area contributed by atoms with E-state index in [1.807, 2.05) is 31.2 Å². The third-order valence-electron chi connectivity index (χ3n) is 6.21. The number of benzene rings is 3. The van der Waals surface area contributed by atoms with Gasteiger partial charge < -0.3 is 37.2 Å². The van der Waals surface area contributed by atoms with Crippen LogP contribution in [-0.2, 0) is 20.8 Å². The molecule has 0 saturated heterocycles. The third kappa shape index (κ3) is 13.1. The van der Waals surface area contributed by atoms with E-state index in [2.05, 4.69) is 21.3 Å². The number of aliphatic carboxylic acids is 1. The predicted molar refractivity (Wildman–Crippen MR) is 165 cm³/mol. The Morgan fingerprint density at radius 1 is 0.804 bits per heavy atom. The van der Waals surface area contributed by atoms with E-state index < -0.39 is 30.1 Å². The first-order valence-corrected chi connectivity index (χ1v) is 13.9. The van der Waals surface area contributed by atoms with E-state index >= 15 is 0 Å². The summed E-state index contributed by atoms with van der Waals surface area (Å²) in [5, 5.41) is 27.2. The molecule has 0 bridgehead atoms. The summed E-state index contributed by atoms with van der Waals surface area (Å²) in [6, 6.07) is 18.9. The molecule has 0 fully saturated rings. The van der Waals surface area contributed by atoms with Crippen LogP contribution in [-0.4, -0.2) is 58.8 Å². The standard InChI is InChI=1S/C29H33N5O5.C2HF3O2/c1-19-6-2-3-7-24(19)34-29(39)32-23-13-9-20(10-14-23)18-26(35)33-25(8-4-5-17-30)27(36)31-22-15-11-21(12-16-22)28(37)38;3-2(4,5)1(6)7/h2-3,6-7,9-16,25H,4-5,8,17-18,30H2,1H3,(H,31,36)(H,33,35)(H,37,38)(H2,32,34,39);(H,6,7). The summed E-state index contributed by atoms with van der Waals surface area (Å²) in [5.41, 5.74) is 9.05. The van der Waals surface area contributed by atoms with Crippen molar-refractivity contribution in [2.75, 3.05) is 22.5 Å². The van der Waals surface area contributed by atoms with Gasteiger partial charge in [0.2, 0.25) is 11.8 Å². The normalized spacial score (nSPS) is 11.2. The molecule has 3 rings (SSSR count). The zero-order valence-electron chi connectivity index (χ0n) is 24.7. The monoisotopic (exact) mass is 645 g/mol. The van der Waals surface area contributed by atoms with Gasteiger partial charge in [0, 0.05) is 17.1 Å². The molecule has 0 spiro atoms. The van der Waals surface area contributed by atoms with E-state index in [0.717, 1.165) is 5.56 Å². The molecule has 0 aromatic heterocycles. The molecular weight excluding hydrogens is 611 g/mol. The molecule has 12 nitrogen and oxygen atoms in total. The number of nitrogens with one attached hydrogen (secondary N) is 4. The van der Waals surface area contributed by atoms with Crippen molar-refractivity contribution < 1.29 is 47.4 Å². The van der Waals surface area contributed by atoms with Gasteiger partial charge in [0.1, 0.15) is 6.04 Å². The summed E-state index contributed by atoms with van der Waals surface area (Å²) in [4.78, 5) is 57.9. The number of halogens is 3. The molecule has 246 valence electrons. The lowest BCUT2D eigenvalue weighted by molar-refractivity contribution is -0.192. The number of nitrogens with two attached hydrogens (primary N) is 1. The van der Waals surface area contributed by atoms with E-state index in [1.165, 1.54) is 24.3 Å². The number of unbranched alkanes of at least 4 members (excludes halogenated alkanes) is 1. The van der Waals surface area contributed by atoms with Crippen LogP contribution in [0.15, 0.2) is 72.8 Å². The SMILES string of the molecule is Cc1ccccc1NC(=O)Nc1ccc(CC(=O)NC(CCCCN)C(=O)Nc2ccc(C(=O)O)cc2)cc1.O=C(O)C(F)(F)F. The highest BCUT2D eigenvalue weighted by Crippen LogP contribution is 2.16. The van der Waals surface area contributed by atoms with Crippen molar-refractivity contribution in [3.63, 3.8) is 0 Å². The minimum Gasteiger partial charge on any atom is -0.478 e. The number of anilines is 3. The Hall–Kier alpha value is -5.44. The molecule has 8 N–H and O–H groups in total. The average Bonchev–Trinajstić information content (AvgIpc) is 2.99. The Balaban J connectivity index is 0.000000942. The fourth-order valence-electron chi connectivity index (χ4n) is 3.82. The molecule has 4 amide bonds. The van der Waals surface area contributed by atoms with Gasteiger partial charge in [-0.25, -0.2) is 14.4 Å². The lowest BCUT2D eigenvalue weighted by Crippen LogP contribution is -2.44. The number of carbonyl (C=O) groups is 5. The number of alkyl halides is 3. The van der Waals surface area contributed by atoms with Gasteiger partial charge in [-0.1, -0.05) is 30.3 Å². The van der Waals surface area contributed by atoms with E-state index in [0.29, 0.717) is 48.4 Å². The Bertz CT molecular complexity index is 1500. The second kappa shape index (κ2) is 17.8. The Morgan fingerprint density at radius 3 is 1.91 bits per heavy atom. The predicted octanol–water partition coefficient (Wildman–Crippen LogP) is 4.77. The largest absolute Gasteiger partial charge is 0.490 e. The van der Waals surface area contributed by atoms with Crippen molar-refractivity contribution in [2.45, 2.75) is 44.8 Å². The van der Waals surface area contributed by atoms with Crippen LogP contribution < -0.4 is 27.0 Å².